The van der Waals surface area contributed by atoms with Gasteiger partial charge in [-0.3, -0.25) is 0 Å². The Kier molecular flexibility index (Phi) is 9.60. The molecular formula is C33H40Cl2Ti. The van der Waals surface area contributed by atoms with Gasteiger partial charge in [0.1, 0.15) is 0 Å². The minimum atomic E-state index is -1.69. The van der Waals surface area contributed by atoms with Crippen LogP contribution in [0.1, 0.15) is 119 Å². The molecular weight excluding hydrogens is 515 g/mol. The molecule has 0 unspecified atom stereocenters. The molecule has 4 aliphatic carbocycles. The summed E-state index contributed by atoms with van der Waals surface area (Å²) in [4.78, 5) is 0. The zero-order valence-electron chi connectivity index (χ0n) is 22.0. The van der Waals surface area contributed by atoms with Crippen LogP contribution in [-0.4, -0.2) is 3.81 Å². The molecule has 4 aliphatic rings. The molecule has 3 heteroatoms. The molecule has 0 amide bonds. The molecule has 0 aromatic heterocycles. The molecule has 190 valence electrons. The summed E-state index contributed by atoms with van der Waals surface area (Å²) in [6.07, 6.45) is 23.7. The fraction of sp³-hybridized carbons (Fsp3) is 0.485. The minimum absolute atomic E-state index is 0. The number of allylic oxidation sites excluding steroid dienone is 4. The monoisotopic (exact) mass is 554 g/mol. The first-order chi connectivity index (χ1) is 16.7. The quantitative estimate of drug-likeness (QED) is 0.435. The fourth-order valence-corrected chi connectivity index (χ4v) is 12.3. The maximum atomic E-state index is 2.62. The van der Waals surface area contributed by atoms with Crippen molar-refractivity contribution in [3.63, 3.8) is 0 Å². The topological polar surface area (TPSA) is 0 Å². The second kappa shape index (κ2) is 12.3. The van der Waals surface area contributed by atoms with Crippen LogP contribution in [0.2, 0.25) is 0 Å². The minimum Gasteiger partial charge on any atom is -1.00 e. The summed E-state index contributed by atoms with van der Waals surface area (Å²) in [5.74, 6) is 1.58. The van der Waals surface area contributed by atoms with Crippen LogP contribution in [-0.2, 0) is 23.8 Å². The van der Waals surface area contributed by atoms with Crippen molar-refractivity contribution in [2.24, 2.45) is 0 Å². The van der Waals surface area contributed by atoms with E-state index in [4.69, 9.17) is 0 Å². The second-order valence-corrected chi connectivity index (χ2v) is 16.0. The van der Waals surface area contributed by atoms with Crippen molar-refractivity contribution in [1.29, 1.82) is 0 Å². The van der Waals surface area contributed by atoms with Gasteiger partial charge >= 0.3 is 214 Å². The Labute approximate surface area is 237 Å². The summed E-state index contributed by atoms with van der Waals surface area (Å²) in [6.45, 7) is 4.89. The molecule has 0 saturated heterocycles. The fourth-order valence-electron chi connectivity index (χ4n) is 7.42. The Hall–Kier alpha value is -0.916. The van der Waals surface area contributed by atoms with Crippen LogP contribution in [0.3, 0.4) is 0 Å². The van der Waals surface area contributed by atoms with E-state index in [9.17, 15) is 0 Å². The van der Waals surface area contributed by atoms with Gasteiger partial charge in [0.2, 0.25) is 0 Å². The molecule has 0 N–H and O–H groups in total. The van der Waals surface area contributed by atoms with Crippen molar-refractivity contribution >= 4 is 7.68 Å². The van der Waals surface area contributed by atoms with Gasteiger partial charge in [-0.15, -0.1) is 0 Å². The SMILES string of the molecule is C[C](C)=[Ti+2]([C]1=CC=CC1)[c]1c(C2CCCCC2)ccc2c1Cc1cc(C3CCCCC3)ccc1-2.[Cl-].[Cl-]. The molecule has 0 radical (unpaired) electrons. The zero-order valence-corrected chi connectivity index (χ0v) is 25.1. The summed E-state index contributed by atoms with van der Waals surface area (Å²) in [6, 6.07) is 12.7. The number of rotatable bonds is 4. The first kappa shape index (κ1) is 28.1. The Bertz CT molecular complexity index is 1190. The summed E-state index contributed by atoms with van der Waals surface area (Å²) in [7, 11) is 0. The Morgan fingerprint density at radius 2 is 1.44 bits per heavy atom. The van der Waals surface area contributed by atoms with Crippen molar-refractivity contribution < 1.29 is 42.2 Å². The predicted molar refractivity (Wildman–Crippen MR) is 144 cm³/mol. The van der Waals surface area contributed by atoms with Crippen LogP contribution in [0, 0.1) is 0 Å². The van der Waals surface area contributed by atoms with Gasteiger partial charge in [0.15, 0.2) is 0 Å². The molecule has 0 spiro atoms. The smallest absolute Gasteiger partial charge is 1.00 e. The van der Waals surface area contributed by atoms with Gasteiger partial charge in [0, 0.05) is 0 Å². The van der Waals surface area contributed by atoms with Gasteiger partial charge in [-0.25, -0.2) is 0 Å². The Balaban J connectivity index is 0.00000152. The molecule has 0 bridgehead atoms. The molecule has 0 atom stereocenters. The number of benzene rings is 2. The zero-order chi connectivity index (χ0) is 23.1. The summed E-state index contributed by atoms with van der Waals surface area (Å²) in [5, 5.41) is 0. The molecule has 2 fully saturated rings. The van der Waals surface area contributed by atoms with E-state index in [1.807, 2.05) is 3.87 Å². The molecule has 36 heavy (non-hydrogen) atoms. The molecule has 2 aromatic rings. The maximum absolute atomic E-state index is 2.62. The van der Waals surface area contributed by atoms with Crippen LogP contribution in [0.4, 0.5) is 0 Å². The largest absolute Gasteiger partial charge is 1.00 e. The molecule has 6 rings (SSSR count). The number of fused-ring (bicyclic) bond motifs is 3. The van der Waals surface area contributed by atoms with E-state index in [0.29, 0.717) is 0 Å². The first-order valence-electron chi connectivity index (χ1n) is 14.0. The van der Waals surface area contributed by atoms with Gasteiger partial charge in [-0.1, -0.05) is 0 Å². The molecule has 0 heterocycles. The van der Waals surface area contributed by atoms with E-state index in [-0.39, 0.29) is 24.8 Å². The summed E-state index contributed by atoms with van der Waals surface area (Å²) < 4.78 is 5.35. The van der Waals surface area contributed by atoms with E-state index in [1.54, 1.807) is 35.5 Å². The molecule has 2 aromatic carbocycles. The van der Waals surface area contributed by atoms with Crippen molar-refractivity contribution in [3.8, 4) is 11.1 Å². The standard InChI is InChI=1S/C25H29.C5H5.C3H6.2ClH.Ti/c1-3-7-18(8-4-1)20-11-13-24-22(15-20)17-23-16-21(12-14-25(23)24)19-9-5-2-6-10-19;1-2-4-5-3-1;1-3-2;;;/h11-15,18-19H,1-10,17H2;1-3H,4H2;1-2H3;2*1H;/q;;;;;+2/p-2. The van der Waals surface area contributed by atoms with Crippen molar-refractivity contribution in [2.75, 3.05) is 0 Å². The van der Waals surface area contributed by atoms with E-state index in [0.717, 1.165) is 11.8 Å². The molecule has 2 saturated carbocycles. The van der Waals surface area contributed by atoms with Gasteiger partial charge in [0.25, 0.3) is 0 Å². The van der Waals surface area contributed by atoms with Crippen LogP contribution in [0.5, 0.6) is 0 Å². The predicted octanol–water partition coefficient (Wildman–Crippen LogP) is 2.66. The third-order valence-corrected chi connectivity index (χ3v) is 13.9. The van der Waals surface area contributed by atoms with Gasteiger partial charge in [-0.2, -0.15) is 0 Å². The van der Waals surface area contributed by atoms with Gasteiger partial charge in [0.05, 0.1) is 0 Å². The third kappa shape index (κ3) is 5.31. The summed E-state index contributed by atoms with van der Waals surface area (Å²) in [5.41, 5.74) is 9.82. The maximum Gasteiger partial charge on any atom is -1.00 e. The average molecular weight is 555 g/mol. The number of hydrogen-bond acceptors (Lipinski definition) is 0. The van der Waals surface area contributed by atoms with Crippen LogP contribution in [0.15, 0.2) is 52.4 Å². The Morgan fingerprint density at radius 3 is 2.08 bits per heavy atom. The summed E-state index contributed by atoms with van der Waals surface area (Å²) >= 11 is -1.69. The molecule has 0 nitrogen and oxygen atoms in total. The third-order valence-electron chi connectivity index (χ3n) is 9.10. The van der Waals surface area contributed by atoms with E-state index >= 15 is 0 Å². The van der Waals surface area contributed by atoms with E-state index < -0.39 is 17.4 Å². The number of hydrogen-bond donors (Lipinski definition) is 0. The van der Waals surface area contributed by atoms with Gasteiger partial charge < -0.3 is 24.8 Å². The number of halogens is 2. The van der Waals surface area contributed by atoms with Crippen LogP contribution < -0.4 is 28.7 Å². The van der Waals surface area contributed by atoms with Crippen molar-refractivity contribution in [1.82, 2.24) is 0 Å². The first-order valence-corrected chi connectivity index (χ1v) is 16.4. The van der Waals surface area contributed by atoms with Crippen LogP contribution >= 0.6 is 0 Å². The average Bonchev–Trinajstić information content (AvgIpc) is 3.53. The molecule has 0 aliphatic heterocycles. The van der Waals surface area contributed by atoms with Crippen molar-refractivity contribution in [2.45, 2.75) is 103 Å². The van der Waals surface area contributed by atoms with Crippen molar-refractivity contribution in [3.05, 3.63) is 74.7 Å². The van der Waals surface area contributed by atoms with E-state index in [1.165, 1.54) is 82.6 Å². The van der Waals surface area contributed by atoms with Gasteiger partial charge in [-0.05, 0) is 0 Å². The van der Waals surface area contributed by atoms with E-state index in [2.05, 4.69) is 62.4 Å². The normalized spacial score (nSPS) is 18.9. The second-order valence-electron chi connectivity index (χ2n) is 11.5. The Morgan fingerprint density at radius 1 is 0.778 bits per heavy atom. The van der Waals surface area contributed by atoms with Crippen LogP contribution in [0.25, 0.3) is 11.1 Å².